The summed E-state index contributed by atoms with van der Waals surface area (Å²) in [5, 5.41) is 24.0. The SMILES string of the molecule is Cc1cc(C#N)ccc1-c1cnn(-c2ccc(C(=O)N(C)CCN(C)C)cn2)c1O. The van der Waals surface area contributed by atoms with E-state index in [2.05, 4.69) is 16.2 Å². The van der Waals surface area contributed by atoms with Gasteiger partial charge in [0.1, 0.15) is 0 Å². The Balaban J connectivity index is 1.83. The fourth-order valence-electron chi connectivity index (χ4n) is 3.04. The molecular formula is C22H24N6O2. The Morgan fingerprint density at radius 1 is 1.13 bits per heavy atom. The van der Waals surface area contributed by atoms with Crippen molar-refractivity contribution in [2.75, 3.05) is 34.2 Å². The molecule has 154 valence electrons. The Labute approximate surface area is 175 Å². The fraction of sp³-hybridized carbons (Fsp3) is 0.273. The highest BCUT2D eigenvalue weighted by Gasteiger charge is 2.17. The van der Waals surface area contributed by atoms with Crippen LogP contribution in [0.15, 0.2) is 42.7 Å². The van der Waals surface area contributed by atoms with E-state index in [1.165, 1.54) is 10.9 Å². The summed E-state index contributed by atoms with van der Waals surface area (Å²) in [5.74, 6) is 0.226. The van der Waals surface area contributed by atoms with E-state index in [0.717, 1.165) is 17.7 Å². The van der Waals surface area contributed by atoms with Crippen LogP contribution in [0.25, 0.3) is 16.9 Å². The van der Waals surface area contributed by atoms with Crippen LogP contribution in [0, 0.1) is 18.3 Å². The molecule has 30 heavy (non-hydrogen) atoms. The van der Waals surface area contributed by atoms with Crippen molar-refractivity contribution in [3.63, 3.8) is 0 Å². The fourth-order valence-corrected chi connectivity index (χ4v) is 3.04. The lowest BCUT2D eigenvalue weighted by molar-refractivity contribution is 0.0786. The molecule has 1 aromatic carbocycles. The van der Waals surface area contributed by atoms with Gasteiger partial charge in [0.2, 0.25) is 5.88 Å². The number of nitriles is 1. The van der Waals surface area contributed by atoms with Crippen molar-refractivity contribution in [2.45, 2.75) is 6.92 Å². The molecule has 8 nitrogen and oxygen atoms in total. The van der Waals surface area contributed by atoms with Crippen molar-refractivity contribution in [3.05, 3.63) is 59.4 Å². The molecule has 2 heterocycles. The van der Waals surface area contributed by atoms with E-state index in [0.29, 0.717) is 29.1 Å². The topological polar surface area (TPSA) is 98.3 Å². The maximum Gasteiger partial charge on any atom is 0.255 e. The summed E-state index contributed by atoms with van der Waals surface area (Å²) in [4.78, 5) is 20.5. The molecule has 0 unspecified atom stereocenters. The first-order valence-electron chi connectivity index (χ1n) is 9.46. The lowest BCUT2D eigenvalue weighted by Crippen LogP contribution is -2.33. The van der Waals surface area contributed by atoms with Gasteiger partial charge in [-0.05, 0) is 56.4 Å². The molecule has 0 atom stereocenters. The van der Waals surface area contributed by atoms with Gasteiger partial charge in [0.05, 0.1) is 29.0 Å². The second kappa shape index (κ2) is 8.76. The highest BCUT2D eigenvalue weighted by Crippen LogP contribution is 2.33. The van der Waals surface area contributed by atoms with Crippen molar-refractivity contribution in [2.24, 2.45) is 0 Å². The van der Waals surface area contributed by atoms with E-state index in [1.807, 2.05) is 25.9 Å². The van der Waals surface area contributed by atoms with Crippen LogP contribution in [0.3, 0.4) is 0 Å². The second-order valence-corrected chi connectivity index (χ2v) is 7.37. The minimum Gasteiger partial charge on any atom is -0.493 e. The van der Waals surface area contributed by atoms with E-state index >= 15 is 0 Å². The molecule has 2 aromatic heterocycles. The Hall–Kier alpha value is -3.70. The number of hydrogen-bond acceptors (Lipinski definition) is 6. The van der Waals surface area contributed by atoms with Crippen LogP contribution in [0.4, 0.5) is 0 Å². The van der Waals surface area contributed by atoms with Gasteiger partial charge >= 0.3 is 0 Å². The van der Waals surface area contributed by atoms with Gasteiger partial charge in [-0.15, -0.1) is 0 Å². The number of hydrogen-bond donors (Lipinski definition) is 1. The zero-order valence-corrected chi connectivity index (χ0v) is 17.5. The average molecular weight is 404 g/mol. The molecule has 0 fully saturated rings. The summed E-state index contributed by atoms with van der Waals surface area (Å²) < 4.78 is 1.32. The van der Waals surface area contributed by atoms with Crippen LogP contribution in [0.5, 0.6) is 5.88 Å². The average Bonchev–Trinajstić information content (AvgIpc) is 3.12. The van der Waals surface area contributed by atoms with Gasteiger partial charge in [0, 0.05) is 26.3 Å². The van der Waals surface area contributed by atoms with Gasteiger partial charge in [0.25, 0.3) is 5.91 Å². The third-order valence-corrected chi connectivity index (χ3v) is 4.83. The van der Waals surface area contributed by atoms with Crippen LogP contribution in [0.1, 0.15) is 21.5 Å². The third-order valence-electron chi connectivity index (χ3n) is 4.83. The summed E-state index contributed by atoms with van der Waals surface area (Å²) in [6.45, 7) is 3.26. The van der Waals surface area contributed by atoms with Crippen molar-refractivity contribution in [1.29, 1.82) is 5.26 Å². The second-order valence-electron chi connectivity index (χ2n) is 7.37. The zero-order valence-electron chi connectivity index (χ0n) is 17.5. The summed E-state index contributed by atoms with van der Waals surface area (Å²) in [5.41, 5.74) is 3.21. The highest BCUT2D eigenvalue weighted by atomic mass is 16.3. The lowest BCUT2D eigenvalue weighted by atomic mass is 10.0. The molecule has 0 radical (unpaired) electrons. The molecule has 1 amide bonds. The molecule has 8 heteroatoms. The minimum atomic E-state index is -0.116. The number of carbonyl (C=O) groups excluding carboxylic acids is 1. The number of carbonyl (C=O) groups is 1. The van der Waals surface area contributed by atoms with Gasteiger partial charge in [-0.3, -0.25) is 4.79 Å². The van der Waals surface area contributed by atoms with Crippen LogP contribution in [-0.2, 0) is 0 Å². The number of aryl methyl sites for hydroxylation is 1. The first-order valence-corrected chi connectivity index (χ1v) is 9.46. The summed E-state index contributed by atoms with van der Waals surface area (Å²) in [6, 6.07) is 10.7. The predicted octanol–water partition coefficient (Wildman–Crippen LogP) is 2.45. The first-order chi connectivity index (χ1) is 14.3. The molecule has 0 aliphatic carbocycles. The van der Waals surface area contributed by atoms with Crippen molar-refractivity contribution in [3.8, 4) is 28.9 Å². The summed E-state index contributed by atoms with van der Waals surface area (Å²) in [6.07, 6.45) is 3.04. The number of rotatable bonds is 6. The molecule has 1 N–H and O–H groups in total. The van der Waals surface area contributed by atoms with Gasteiger partial charge in [0.15, 0.2) is 5.82 Å². The molecule has 3 aromatic rings. The first kappa shape index (κ1) is 21.0. The molecule has 0 spiro atoms. The number of nitrogens with zero attached hydrogens (tertiary/aromatic N) is 6. The molecule has 0 saturated carbocycles. The largest absolute Gasteiger partial charge is 0.493 e. The molecule has 0 aliphatic rings. The molecule has 0 saturated heterocycles. The number of amides is 1. The van der Waals surface area contributed by atoms with E-state index in [4.69, 9.17) is 5.26 Å². The monoisotopic (exact) mass is 404 g/mol. The number of aromatic nitrogens is 3. The standard InChI is InChI=1S/C22H24N6O2/c1-15-11-16(12-23)5-7-18(15)19-14-25-28(22(19)30)20-8-6-17(13-24-20)21(29)27(4)10-9-26(2)3/h5-8,11,13-14,30H,9-10H2,1-4H3. The van der Waals surface area contributed by atoms with Crippen LogP contribution < -0.4 is 0 Å². The molecule has 0 aliphatic heterocycles. The maximum atomic E-state index is 12.5. The van der Waals surface area contributed by atoms with E-state index in [-0.39, 0.29) is 11.8 Å². The number of likely N-dealkylation sites (N-methyl/N-ethyl adjacent to an activating group) is 2. The zero-order chi connectivity index (χ0) is 21.8. The number of aromatic hydroxyl groups is 1. The van der Waals surface area contributed by atoms with Crippen LogP contribution in [-0.4, -0.2) is 69.8 Å². The molecular weight excluding hydrogens is 380 g/mol. The molecule has 3 rings (SSSR count). The lowest BCUT2D eigenvalue weighted by Gasteiger charge is -2.19. The number of pyridine rings is 1. The Morgan fingerprint density at radius 2 is 1.90 bits per heavy atom. The van der Waals surface area contributed by atoms with Crippen molar-refractivity contribution >= 4 is 5.91 Å². The predicted molar refractivity (Wildman–Crippen MR) is 113 cm³/mol. The smallest absolute Gasteiger partial charge is 0.255 e. The van der Waals surface area contributed by atoms with Gasteiger partial charge in [-0.1, -0.05) is 6.07 Å². The van der Waals surface area contributed by atoms with E-state index in [9.17, 15) is 9.90 Å². The van der Waals surface area contributed by atoms with Gasteiger partial charge < -0.3 is 14.9 Å². The van der Waals surface area contributed by atoms with Crippen LogP contribution >= 0.6 is 0 Å². The Bertz CT molecular complexity index is 1100. The summed E-state index contributed by atoms with van der Waals surface area (Å²) >= 11 is 0. The normalized spacial score (nSPS) is 10.8. The number of benzene rings is 1. The van der Waals surface area contributed by atoms with E-state index in [1.54, 1.807) is 48.5 Å². The van der Waals surface area contributed by atoms with E-state index < -0.39 is 0 Å². The molecule has 0 bridgehead atoms. The van der Waals surface area contributed by atoms with Gasteiger partial charge in [-0.2, -0.15) is 15.0 Å². The Morgan fingerprint density at radius 3 is 2.50 bits per heavy atom. The highest BCUT2D eigenvalue weighted by molar-refractivity contribution is 5.93. The van der Waals surface area contributed by atoms with Gasteiger partial charge in [-0.25, -0.2) is 4.98 Å². The third kappa shape index (κ3) is 4.31. The maximum absolute atomic E-state index is 12.5. The van der Waals surface area contributed by atoms with Crippen LogP contribution in [0.2, 0.25) is 0 Å². The quantitative estimate of drug-likeness (QED) is 0.678. The van der Waals surface area contributed by atoms with Crippen molar-refractivity contribution < 1.29 is 9.90 Å². The van der Waals surface area contributed by atoms with Crippen molar-refractivity contribution in [1.82, 2.24) is 24.6 Å². The summed E-state index contributed by atoms with van der Waals surface area (Å²) in [7, 11) is 5.67. The minimum absolute atomic E-state index is 0.0579. The Kier molecular flexibility index (Phi) is 6.14.